The van der Waals surface area contributed by atoms with E-state index in [9.17, 15) is 9.59 Å². The summed E-state index contributed by atoms with van der Waals surface area (Å²) in [5, 5.41) is 2.67. The Morgan fingerprint density at radius 3 is 2.59 bits per heavy atom. The Morgan fingerprint density at radius 2 is 1.86 bits per heavy atom. The molecule has 8 heteroatoms. The molecule has 4 rings (SSSR count). The van der Waals surface area contributed by atoms with Gasteiger partial charge in [-0.2, -0.15) is 0 Å². The topological polar surface area (TPSA) is 85.7 Å². The van der Waals surface area contributed by atoms with Crippen molar-refractivity contribution in [2.75, 3.05) is 38.7 Å². The molecule has 0 radical (unpaired) electrons. The van der Waals surface area contributed by atoms with Crippen molar-refractivity contribution in [2.24, 2.45) is 0 Å². The quantitative estimate of drug-likeness (QED) is 0.670. The summed E-state index contributed by atoms with van der Waals surface area (Å²) in [4.78, 5) is 31.3. The van der Waals surface area contributed by atoms with Crippen LogP contribution >= 0.6 is 0 Å². The molecule has 0 unspecified atom stereocenters. The van der Waals surface area contributed by atoms with Gasteiger partial charge in [-0.3, -0.25) is 19.6 Å². The van der Waals surface area contributed by atoms with Gasteiger partial charge in [-0.1, -0.05) is 30.3 Å². The van der Waals surface area contributed by atoms with Crippen LogP contribution in [0.2, 0.25) is 0 Å². The Bertz CT molecular complexity index is 1030. The molecule has 1 fully saturated rings. The van der Waals surface area contributed by atoms with Gasteiger partial charge in [0.25, 0.3) is 0 Å². The van der Waals surface area contributed by atoms with E-state index >= 15 is 0 Å². The zero-order chi connectivity index (χ0) is 20.2. The van der Waals surface area contributed by atoms with Crippen LogP contribution in [0, 0.1) is 0 Å². The first kappa shape index (κ1) is 19.1. The standard InChI is InChI=1S/C21H22N4O4/c1-28-21(27)23-20-22-17-13-16(19(26)15-5-3-2-4-6-15)7-8-18(17)25(20)14-24-9-11-29-12-10-24/h2-8,13H,9-12,14H2,1H3,(H,22,23,27). The number of carbonyl (C=O) groups excluding carboxylic acids is 2. The van der Waals surface area contributed by atoms with Crippen molar-refractivity contribution in [3.05, 3.63) is 59.7 Å². The smallest absolute Gasteiger partial charge is 0.413 e. The summed E-state index contributed by atoms with van der Waals surface area (Å²) < 4.78 is 12.0. The van der Waals surface area contributed by atoms with Crippen LogP contribution < -0.4 is 5.32 Å². The van der Waals surface area contributed by atoms with Gasteiger partial charge >= 0.3 is 6.09 Å². The SMILES string of the molecule is COC(=O)Nc1nc2cc(C(=O)c3ccccc3)ccc2n1CN1CCOCC1. The van der Waals surface area contributed by atoms with Crippen LogP contribution in [0.4, 0.5) is 10.7 Å². The molecule has 3 aromatic rings. The molecule has 2 heterocycles. The summed E-state index contributed by atoms with van der Waals surface area (Å²) in [5.74, 6) is 0.306. The van der Waals surface area contributed by atoms with E-state index < -0.39 is 6.09 Å². The Balaban J connectivity index is 1.70. The van der Waals surface area contributed by atoms with Gasteiger partial charge < -0.3 is 9.47 Å². The second kappa shape index (κ2) is 8.42. The number of aromatic nitrogens is 2. The van der Waals surface area contributed by atoms with Gasteiger partial charge in [0.1, 0.15) is 0 Å². The lowest BCUT2D eigenvalue weighted by Gasteiger charge is -2.27. The number of ketones is 1. The van der Waals surface area contributed by atoms with Crippen LogP contribution in [-0.4, -0.2) is 59.7 Å². The van der Waals surface area contributed by atoms with Crippen LogP contribution in [0.3, 0.4) is 0 Å². The minimum Gasteiger partial charge on any atom is -0.453 e. The molecular weight excluding hydrogens is 372 g/mol. The van der Waals surface area contributed by atoms with Crippen molar-refractivity contribution in [1.82, 2.24) is 14.5 Å². The number of fused-ring (bicyclic) bond motifs is 1. The van der Waals surface area contributed by atoms with Crippen LogP contribution in [-0.2, 0) is 16.1 Å². The van der Waals surface area contributed by atoms with E-state index in [1.165, 1.54) is 7.11 Å². The van der Waals surface area contributed by atoms with Crippen LogP contribution in [0.25, 0.3) is 11.0 Å². The highest BCUT2D eigenvalue weighted by molar-refractivity contribution is 6.10. The number of nitrogens with zero attached hydrogens (tertiary/aromatic N) is 3. The number of carbonyl (C=O) groups is 2. The van der Waals surface area contributed by atoms with E-state index in [4.69, 9.17) is 9.47 Å². The molecule has 8 nitrogen and oxygen atoms in total. The minimum atomic E-state index is -0.593. The molecule has 0 aliphatic carbocycles. The number of hydrogen-bond acceptors (Lipinski definition) is 6. The number of hydrogen-bond donors (Lipinski definition) is 1. The Morgan fingerprint density at radius 1 is 1.10 bits per heavy atom. The highest BCUT2D eigenvalue weighted by Crippen LogP contribution is 2.23. The number of imidazole rings is 1. The second-order valence-electron chi connectivity index (χ2n) is 6.75. The predicted molar refractivity (Wildman–Crippen MR) is 108 cm³/mol. The molecule has 150 valence electrons. The second-order valence-corrected chi connectivity index (χ2v) is 6.75. The molecule has 2 aromatic carbocycles. The number of morpholine rings is 1. The van der Waals surface area contributed by atoms with Crippen LogP contribution in [0.1, 0.15) is 15.9 Å². The molecule has 0 bridgehead atoms. The van der Waals surface area contributed by atoms with E-state index in [2.05, 4.69) is 15.2 Å². The third-order valence-corrected chi connectivity index (χ3v) is 4.89. The van der Waals surface area contributed by atoms with Gasteiger partial charge in [-0.25, -0.2) is 9.78 Å². The molecule has 0 atom stereocenters. The Labute approximate surface area is 168 Å². The first-order chi connectivity index (χ1) is 14.2. The molecule has 1 N–H and O–H groups in total. The first-order valence-corrected chi connectivity index (χ1v) is 9.41. The van der Waals surface area contributed by atoms with E-state index in [-0.39, 0.29) is 5.78 Å². The lowest BCUT2D eigenvalue weighted by Crippen LogP contribution is -2.37. The molecule has 1 saturated heterocycles. The monoisotopic (exact) mass is 394 g/mol. The van der Waals surface area contributed by atoms with Gasteiger partial charge in [0.05, 0.1) is 38.0 Å². The van der Waals surface area contributed by atoms with Crippen LogP contribution in [0.5, 0.6) is 0 Å². The maximum absolute atomic E-state index is 12.8. The zero-order valence-electron chi connectivity index (χ0n) is 16.1. The minimum absolute atomic E-state index is 0.0716. The number of nitrogens with one attached hydrogen (secondary N) is 1. The molecule has 1 aromatic heterocycles. The summed E-state index contributed by atoms with van der Waals surface area (Å²) in [7, 11) is 1.31. The Kier molecular flexibility index (Phi) is 5.55. The third kappa shape index (κ3) is 4.13. The Hall–Kier alpha value is -3.23. The molecule has 29 heavy (non-hydrogen) atoms. The maximum Gasteiger partial charge on any atom is 0.413 e. The molecule has 1 amide bonds. The summed E-state index contributed by atoms with van der Waals surface area (Å²) >= 11 is 0. The fraction of sp³-hybridized carbons (Fsp3) is 0.286. The number of ether oxygens (including phenoxy) is 2. The van der Waals surface area contributed by atoms with E-state index in [0.29, 0.717) is 42.5 Å². The van der Waals surface area contributed by atoms with Crippen molar-refractivity contribution >= 4 is 28.9 Å². The fourth-order valence-electron chi connectivity index (χ4n) is 3.35. The van der Waals surface area contributed by atoms with Crippen molar-refractivity contribution < 1.29 is 19.1 Å². The van der Waals surface area contributed by atoms with E-state index in [0.717, 1.165) is 18.6 Å². The fourth-order valence-corrected chi connectivity index (χ4v) is 3.35. The number of methoxy groups -OCH3 is 1. The number of amides is 1. The normalized spacial score (nSPS) is 14.7. The van der Waals surface area contributed by atoms with Crippen molar-refractivity contribution in [1.29, 1.82) is 0 Å². The van der Waals surface area contributed by atoms with Crippen molar-refractivity contribution in [3.8, 4) is 0 Å². The lowest BCUT2D eigenvalue weighted by molar-refractivity contribution is 0.0244. The van der Waals surface area contributed by atoms with Crippen molar-refractivity contribution in [3.63, 3.8) is 0 Å². The third-order valence-electron chi connectivity index (χ3n) is 4.89. The van der Waals surface area contributed by atoms with Gasteiger partial charge in [0.15, 0.2) is 5.78 Å². The largest absolute Gasteiger partial charge is 0.453 e. The summed E-state index contributed by atoms with van der Waals surface area (Å²) in [6.07, 6.45) is -0.593. The molecular formula is C21H22N4O4. The number of rotatable bonds is 5. The van der Waals surface area contributed by atoms with Crippen LogP contribution in [0.15, 0.2) is 48.5 Å². The number of anilines is 1. The zero-order valence-corrected chi connectivity index (χ0v) is 16.1. The average Bonchev–Trinajstić information content (AvgIpc) is 3.10. The predicted octanol–water partition coefficient (Wildman–Crippen LogP) is 2.74. The lowest BCUT2D eigenvalue weighted by atomic mass is 10.0. The molecule has 1 aliphatic rings. The van der Waals surface area contributed by atoms with E-state index in [1.807, 2.05) is 28.8 Å². The maximum atomic E-state index is 12.8. The highest BCUT2D eigenvalue weighted by Gasteiger charge is 2.19. The van der Waals surface area contributed by atoms with Gasteiger partial charge in [-0.05, 0) is 18.2 Å². The number of benzene rings is 2. The van der Waals surface area contributed by atoms with Gasteiger partial charge in [0, 0.05) is 24.2 Å². The van der Waals surface area contributed by atoms with E-state index in [1.54, 1.807) is 24.3 Å². The first-order valence-electron chi connectivity index (χ1n) is 9.41. The summed E-state index contributed by atoms with van der Waals surface area (Å²) in [6.45, 7) is 3.47. The summed E-state index contributed by atoms with van der Waals surface area (Å²) in [6, 6.07) is 14.5. The molecule has 0 spiro atoms. The summed E-state index contributed by atoms with van der Waals surface area (Å²) in [5.41, 5.74) is 2.62. The molecule has 0 saturated carbocycles. The molecule has 1 aliphatic heterocycles. The van der Waals surface area contributed by atoms with Crippen molar-refractivity contribution in [2.45, 2.75) is 6.67 Å². The highest BCUT2D eigenvalue weighted by atomic mass is 16.5. The average molecular weight is 394 g/mol. The van der Waals surface area contributed by atoms with Gasteiger partial charge in [-0.15, -0.1) is 0 Å². The van der Waals surface area contributed by atoms with Gasteiger partial charge in [0.2, 0.25) is 5.95 Å².